The first kappa shape index (κ1) is 11.5. The Morgan fingerprint density at radius 3 is 2.50 bits per heavy atom. The van der Waals surface area contributed by atoms with Gasteiger partial charge in [-0.2, -0.15) is 0 Å². The molecule has 0 aliphatic carbocycles. The highest BCUT2D eigenvalue weighted by Gasteiger charge is 2.36. The predicted molar refractivity (Wildman–Crippen MR) is 51.4 cm³/mol. The van der Waals surface area contributed by atoms with Crippen LogP contribution in [-0.2, 0) is 14.8 Å². The Bertz CT molecular complexity index is 324. The molecule has 82 valence electrons. The molecule has 2 atom stereocenters. The Morgan fingerprint density at radius 1 is 1.57 bits per heavy atom. The summed E-state index contributed by atoms with van der Waals surface area (Å²) >= 11 is 0. The molecule has 2 unspecified atom stereocenters. The van der Waals surface area contributed by atoms with E-state index in [1.807, 2.05) is 6.92 Å². The fourth-order valence-electron chi connectivity index (χ4n) is 1.48. The van der Waals surface area contributed by atoms with Crippen molar-refractivity contribution in [3.05, 3.63) is 0 Å². The van der Waals surface area contributed by atoms with Crippen molar-refractivity contribution in [2.24, 2.45) is 5.92 Å². The summed E-state index contributed by atoms with van der Waals surface area (Å²) in [5.74, 6) is -0.963. The zero-order valence-electron chi connectivity index (χ0n) is 8.30. The van der Waals surface area contributed by atoms with Gasteiger partial charge in [0.05, 0.1) is 0 Å². The summed E-state index contributed by atoms with van der Waals surface area (Å²) in [5, 5.41) is 7.30. The van der Waals surface area contributed by atoms with Crippen molar-refractivity contribution in [2.45, 2.75) is 25.5 Å². The number of carbonyl (C=O) groups is 1. The third-order valence-electron chi connectivity index (χ3n) is 2.54. The molecule has 0 aromatic carbocycles. The van der Waals surface area contributed by atoms with Crippen LogP contribution in [0.3, 0.4) is 0 Å². The first-order chi connectivity index (χ1) is 6.35. The van der Waals surface area contributed by atoms with Crippen molar-refractivity contribution < 1.29 is 18.3 Å². The monoisotopic (exact) mass is 221 g/mol. The molecule has 0 bridgehead atoms. The van der Waals surface area contributed by atoms with E-state index in [9.17, 15) is 13.2 Å². The Hall–Kier alpha value is -0.620. The molecule has 1 aliphatic rings. The van der Waals surface area contributed by atoms with Gasteiger partial charge >= 0.3 is 5.97 Å². The molecule has 0 aromatic heterocycles. The van der Waals surface area contributed by atoms with E-state index in [4.69, 9.17) is 5.11 Å². The van der Waals surface area contributed by atoms with Crippen LogP contribution in [0.1, 0.15) is 20.3 Å². The van der Waals surface area contributed by atoms with E-state index < -0.39 is 21.2 Å². The predicted octanol–water partition coefficient (Wildman–Crippen LogP) is 0.131. The van der Waals surface area contributed by atoms with Gasteiger partial charge in [-0.15, -0.1) is 0 Å². The molecule has 0 radical (unpaired) electrons. The maximum Gasteiger partial charge on any atom is 0.323 e. The smallest absolute Gasteiger partial charge is 0.323 e. The summed E-state index contributed by atoms with van der Waals surface area (Å²) in [7, 11) is -3.64. The topological polar surface area (TPSA) is 74.7 Å². The van der Waals surface area contributed by atoms with Crippen molar-refractivity contribution in [3.63, 3.8) is 0 Å². The van der Waals surface area contributed by atoms with Crippen LogP contribution in [0.4, 0.5) is 0 Å². The number of hydrogen-bond donors (Lipinski definition) is 1. The summed E-state index contributed by atoms with van der Waals surface area (Å²) in [5.41, 5.74) is 0. The van der Waals surface area contributed by atoms with Crippen LogP contribution in [0, 0.1) is 5.92 Å². The van der Waals surface area contributed by atoms with E-state index in [0.29, 0.717) is 19.0 Å². The third kappa shape index (κ3) is 2.06. The highest BCUT2D eigenvalue weighted by Crippen LogP contribution is 2.21. The summed E-state index contributed by atoms with van der Waals surface area (Å²) in [6.45, 7) is 4.06. The Balaban J connectivity index is 2.81. The standard InChI is InChI=1S/C8H15NO4S/c1-6-3-4-9(5-6)14(12,13)7(2)8(10)11/h6-7H,3-5H2,1-2H3,(H,10,11). The van der Waals surface area contributed by atoms with Crippen LogP contribution in [0.25, 0.3) is 0 Å². The van der Waals surface area contributed by atoms with Gasteiger partial charge < -0.3 is 5.11 Å². The molecule has 1 aliphatic heterocycles. The minimum atomic E-state index is -3.64. The van der Waals surface area contributed by atoms with E-state index in [-0.39, 0.29) is 0 Å². The lowest BCUT2D eigenvalue weighted by Gasteiger charge is -2.18. The zero-order chi connectivity index (χ0) is 10.9. The molecule has 0 saturated carbocycles. The van der Waals surface area contributed by atoms with Gasteiger partial charge in [0.1, 0.15) is 0 Å². The summed E-state index contributed by atoms with van der Waals surface area (Å²) in [6.07, 6.45) is 0.811. The second-order valence-corrected chi connectivity index (χ2v) is 6.03. The van der Waals surface area contributed by atoms with Gasteiger partial charge in [0.15, 0.2) is 5.25 Å². The maximum atomic E-state index is 11.7. The molecule has 0 amide bonds. The molecule has 1 heterocycles. The lowest BCUT2D eigenvalue weighted by atomic mass is 10.2. The average molecular weight is 221 g/mol. The van der Waals surface area contributed by atoms with Crippen LogP contribution < -0.4 is 0 Å². The molecule has 1 N–H and O–H groups in total. The summed E-state index contributed by atoms with van der Waals surface area (Å²) < 4.78 is 24.6. The van der Waals surface area contributed by atoms with Gasteiger partial charge in [-0.05, 0) is 19.3 Å². The third-order valence-corrected chi connectivity index (χ3v) is 4.69. The van der Waals surface area contributed by atoms with Crippen LogP contribution in [0.15, 0.2) is 0 Å². The second kappa shape index (κ2) is 3.86. The van der Waals surface area contributed by atoms with Crippen LogP contribution in [-0.4, -0.2) is 42.1 Å². The lowest BCUT2D eigenvalue weighted by Crippen LogP contribution is -2.39. The Morgan fingerprint density at radius 2 is 2.14 bits per heavy atom. The largest absolute Gasteiger partial charge is 0.480 e. The number of sulfonamides is 1. The van der Waals surface area contributed by atoms with Gasteiger partial charge in [-0.25, -0.2) is 12.7 Å². The van der Waals surface area contributed by atoms with Crippen molar-refractivity contribution in [2.75, 3.05) is 13.1 Å². The normalized spacial score (nSPS) is 26.3. The van der Waals surface area contributed by atoms with E-state index >= 15 is 0 Å². The molecule has 6 heteroatoms. The number of carboxylic acid groups (broad SMARTS) is 1. The van der Waals surface area contributed by atoms with Crippen molar-refractivity contribution in [3.8, 4) is 0 Å². The SMILES string of the molecule is CC1CCN(S(=O)(=O)C(C)C(=O)O)C1. The van der Waals surface area contributed by atoms with Crippen LogP contribution in [0.5, 0.6) is 0 Å². The fraction of sp³-hybridized carbons (Fsp3) is 0.875. The number of rotatable bonds is 3. The van der Waals surface area contributed by atoms with E-state index in [1.165, 1.54) is 11.2 Å². The fourth-order valence-corrected chi connectivity index (χ4v) is 3.00. The van der Waals surface area contributed by atoms with Gasteiger partial charge in [0, 0.05) is 13.1 Å². The molecule has 1 saturated heterocycles. The molecular weight excluding hydrogens is 206 g/mol. The molecule has 1 rings (SSSR count). The number of nitrogens with zero attached hydrogens (tertiary/aromatic N) is 1. The van der Waals surface area contributed by atoms with Crippen molar-refractivity contribution in [1.29, 1.82) is 0 Å². The Kier molecular flexibility index (Phi) is 3.16. The summed E-state index contributed by atoms with van der Waals surface area (Å²) in [4.78, 5) is 10.6. The number of carboxylic acids is 1. The van der Waals surface area contributed by atoms with Gasteiger partial charge in [0.2, 0.25) is 10.0 Å². The van der Waals surface area contributed by atoms with Crippen molar-refractivity contribution in [1.82, 2.24) is 4.31 Å². The number of hydrogen-bond acceptors (Lipinski definition) is 3. The lowest BCUT2D eigenvalue weighted by molar-refractivity contribution is -0.136. The minimum absolute atomic E-state index is 0.325. The average Bonchev–Trinajstić information content (AvgIpc) is 2.50. The molecule has 0 spiro atoms. The molecule has 1 fully saturated rings. The molecule has 0 aromatic rings. The van der Waals surface area contributed by atoms with Crippen molar-refractivity contribution >= 4 is 16.0 Å². The minimum Gasteiger partial charge on any atom is -0.480 e. The maximum absolute atomic E-state index is 11.7. The quantitative estimate of drug-likeness (QED) is 0.735. The van der Waals surface area contributed by atoms with Crippen LogP contribution in [0.2, 0.25) is 0 Å². The molecule has 5 nitrogen and oxygen atoms in total. The second-order valence-electron chi connectivity index (χ2n) is 3.78. The van der Waals surface area contributed by atoms with Crippen LogP contribution >= 0.6 is 0 Å². The number of aliphatic carboxylic acids is 1. The van der Waals surface area contributed by atoms with E-state index in [0.717, 1.165) is 6.42 Å². The van der Waals surface area contributed by atoms with Gasteiger partial charge in [-0.1, -0.05) is 6.92 Å². The highest BCUT2D eigenvalue weighted by molar-refractivity contribution is 7.90. The first-order valence-corrected chi connectivity index (χ1v) is 6.07. The van der Waals surface area contributed by atoms with E-state index in [2.05, 4.69) is 0 Å². The van der Waals surface area contributed by atoms with Gasteiger partial charge in [-0.3, -0.25) is 4.79 Å². The first-order valence-electron chi connectivity index (χ1n) is 4.57. The molecular formula is C8H15NO4S. The Labute approximate surface area is 83.8 Å². The highest BCUT2D eigenvalue weighted by atomic mass is 32.2. The van der Waals surface area contributed by atoms with E-state index in [1.54, 1.807) is 0 Å². The molecule has 14 heavy (non-hydrogen) atoms. The summed E-state index contributed by atoms with van der Waals surface area (Å²) in [6, 6.07) is 0. The van der Waals surface area contributed by atoms with Gasteiger partial charge in [0.25, 0.3) is 0 Å². The zero-order valence-corrected chi connectivity index (χ0v) is 9.12.